The van der Waals surface area contributed by atoms with Gasteiger partial charge in [-0.3, -0.25) is 10.00 Å². The Balaban J connectivity index is 1.43. The topological polar surface area (TPSA) is 61.4 Å². The number of aliphatic hydroxyl groups is 1. The summed E-state index contributed by atoms with van der Waals surface area (Å²) < 4.78 is 5.24. The lowest BCUT2D eigenvalue weighted by Crippen LogP contribution is -2.59. The number of aromatic amines is 1. The molecule has 1 saturated heterocycles. The standard InChI is InChI=1S/C20H27N3O2/c1-19(24)7-8-20(19)9-11-23(12-10-20)14-16-13-21-22-18(16)15-3-5-17(25-2)6-4-15/h3-6,13,24H,7-12,14H2,1-2H3,(H,21,22). The van der Waals surface area contributed by atoms with Gasteiger partial charge in [-0.05, 0) is 70.0 Å². The molecule has 1 aliphatic carbocycles. The van der Waals surface area contributed by atoms with Crippen LogP contribution in [0.25, 0.3) is 11.3 Å². The summed E-state index contributed by atoms with van der Waals surface area (Å²) in [7, 11) is 1.68. The predicted octanol–water partition coefficient (Wildman–Crippen LogP) is 3.21. The van der Waals surface area contributed by atoms with Gasteiger partial charge in [0.2, 0.25) is 0 Å². The molecule has 1 saturated carbocycles. The zero-order valence-electron chi connectivity index (χ0n) is 15.1. The molecule has 134 valence electrons. The van der Waals surface area contributed by atoms with E-state index in [-0.39, 0.29) is 5.41 Å². The van der Waals surface area contributed by atoms with Gasteiger partial charge in [0.25, 0.3) is 0 Å². The molecule has 25 heavy (non-hydrogen) atoms. The Hall–Kier alpha value is -1.85. The van der Waals surface area contributed by atoms with Crippen molar-refractivity contribution >= 4 is 0 Å². The van der Waals surface area contributed by atoms with Gasteiger partial charge in [0.1, 0.15) is 5.75 Å². The Morgan fingerprint density at radius 2 is 1.88 bits per heavy atom. The van der Waals surface area contributed by atoms with Crippen LogP contribution >= 0.6 is 0 Å². The lowest BCUT2D eigenvalue weighted by Gasteiger charge is -2.58. The smallest absolute Gasteiger partial charge is 0.118 e. The zero-order valence-corrected chi connectivity index (χ0v) is 15.1. The third kappa shape index (κ3) is 2.85. The van der Waals surface area contributed by atoms with Crippen molar-refractivity contribution in [2.75, 3.05) is 20.2 Å². The minimum Gasteiger partial charge on any atom is -0.497 e. The van der Waals surface area contributed by atoms with E-state index in [0.29, 0.717) is 0 Å². The van der Waals surface area contributed by atoms with Crippen LogP contribution in [0.3, 0.4) is 0 Å². The molecule has 2 aliphatic rings. The van der Waals surface area contributed by atoms with Crippen molar-refractivity contribution in [1.29, 1.82) is 0 Å². The number of likely N-dealkylation sites (tertiary alicyclic amines) is 1. The first kappa shape index (κ1) is 16.6. The fraction of sp³-hybridized carbons (Fsp3) is 0.550. The molecule has 4 rings (SSSR count). The number of piperidine rings is 1. The Morgan fingerprint density at radius 3 is 2.44 bits per heavy atom. The summed E-state index contributed by atoms with van der Waals surface area (Å²) in [4.78, 5) is 2.48. The highest BCUT2D eigenvalue weighted by Crippen LogP contribution is 2.56. The van der Waals surface area contributed by atoms with Crippen LogP contribution in [0.4, 0.5) is 0 Å². The van der Waals surface area contributed by atoms with Gasteiger partial charge >= 0.3 is 0 Å². The van der Waals surface area contributed by atoms with E-state index in [1.807, 2.05) is 25.3 Å². The molecule has 0 amide bonds. The second-order valence-electron chi connectivity index (χ2n) is 7.83. The fourth-order valence-corrected chi connectivity index (χ4v) is 4.45. The average molecular weight is 341 g/mol. The summed E-state index contributed by atoms with van der Waals surface area (Å²) >= 11 is 0. The van der Waals surface area contributed by atoms with E-state index in [4.69, 9.17) is 4.74 Å². The van der Waals surface area contributed by atoms with Crippen molar-refractivity contribution in [2.45, 2.75) is 44.8 Å². The van der Waals surface area contributed by atoms with E-state index >= 15 is 0 Å². The zero-order chi connectivity index (χ0) is 17.5. The largest absolute Gasteiger partial charge is 0.497 e. The normalized spacial score (nSPS) is 25.7. The molecule has 0 radical (unpaired) electrons. The molecular weight excluding hydrogens is 314 g/mol. The van der Waals surface area contributed by atoms with Crippen LogP contribution in [-0.2, 0) is 6.54 Å². The van der Waals surface area contributed by atoms with Crippen LogP contribution in [0, 0.1) is 5.41 Å². The predicted molar refractivity (Wildman–Crippen MR) is 97.4 cm³/mol. The van der Waals surface area contributed by atoms with Crippen LogP contribution in [0.2, 0.25) is 0 Å². The summed E-state index contributed by atoms with van der Waals surface area (Å²) in [5.74, 6) is 0.860. The third-order valence-electron chi connectivity index (χ3n) is 6.54. The lowest BCUT2D eigenvalue weighted by molar-refractivity contribution is -0.177. The van der Waals surface area contributed by atoms with Gasteiger partial charge in [-0.15, -0.1) is 0 Å². The Bertz CT molecular complexity index is 728. The van der Waals surface area contributed by atoms with Gasteiger partial charge in [0.05, 0.1) is 24.6 Å². The molecule has 2 heterocycles. The van der Waals surface area contributed by atoms with Crippen LogP contribution in [0.1, 0.15) is 38.2 Å². The Morgan fingerprint density at radius 1 is 1.16 bits per heavy atom. The first-order chi connectivity index (χ1) is 12.0. The number of hydrogen-bond donors (Lipinski definition) is 2. The highest BCUT2D eigenvalue weighted by atomic mass is 16.5. The van der Waals surface area contributed by atoms with Crippen molar-refractivity contribution in [3.05, 3.63) is 36.0 Å². The lowest BCUT2D eigenvalue weighted by atomic mass is 9.53. The monoisotopic (exact) mass is 341 g/mol. The fourth-order valence-electron chi connectivity index (χ4n) is 4.45. The van der Waals surface area contributed by atoms with Gasteiger partial charge < -0.3 is 9.84 Å². The highest BCUT2D eigenvalue weighted by Gasteiger charge is 2.55. The molecule has 2 fully saturated rings. The SMILES string of the molecule is COc1ccc(-c2[nH]ncc2CN2CCC3(CC2)CCC3(C)O)cc1. The van der Waals surface area contributed by atoms with E-state index in [9.17, 15) is 5.11 Å². The quantitative estimate of drug-likeness (QED) is 0.896. The maximum atomic E-state index is 10.5. The van der Waals surface area contributed by atoms with E-state index in [1.54, 1.807) is 7.11 Å². The number of ether oxygens (including phenoxy) is 1. The minimum atomic E-state index is -0.455. The number of rotatable bonds is 4. The molecule has 1 aliphatic heterocycles. The van der Waals surface area contributed by atoms with E-state index < -0.39 is 5.60 Å². The van der Waals surface area contributed by atoms with Gasteiger partial charge in [-0.2, -0.15) is 5.10 Å². The number of nitrogens with zero attached hydrogens (tertiary/aromatic N) is 2. The summed E-state index contributed by atoms with van der Waals surface area (Å²) in [5.41, 5.74) is 3.14. The molecule has 1 spiro atoms. The maximum Gasteiger partial charge on any atom is 0.118 e. The average Bonchev–Trinajstić information content (AvgIpc) is 3.09. The van der Waals surface area contributed by atoms with Gasteiger partial charge in [0, 0.05) is 23.1 Å². The van der Waals surface area contributed by atoms with Crippen molar-refractivity contribution in [3.63, 3.8) is 0 Å². The first-order valence-electron chi connectivity index (χ1n) is 9.14. The van der Waals surface area contributed by atoms with Crippen LogP contribution in [0.5, 0.6) is 5.75 Å². The van der Waals surface area contributed by atoms with Crippen LogP contribution < -0.4 is 4.74 Å². The second-order valence-corrected chi connectivity index (χ2v) is 7.83. The first-order valence-corrected chi connectivity index (χ1v) is 9.14. The molecular formula is C20H27N3O2. The minimum absolute atomic E-state index is 0.165. The number of benzene rings is 1. The Kier molecular flexibility index (Phi) is 4.08. The molecule has 5 heteroatoms. The molecule has 2 N–H and O–H groups in total. The molecule has 5 nitrogen and oxygen atoms in total. The molecule has 1 unspecified atom stereocenters. The molecule has 2 aromatic rings. The van der Waals surface area contributed by atoms with E-state index in [0.717, 1.165) is 55.9 Å². The molecule has 1 atom stereocenters. The number of H-pyrrole nitrogens is 1. The second kappa shape index (κ2) is 6.15. The number of aromatic nitrogens is 2. The summed E-state index contributed by atoms with van der Waals surface area (Å²) in [6.07, 6.45) is 6.25. The maximum absolute atomic E-state index is 10.5. The van der Waals surface area contributed by atoms with E-state index in [1.165, 1.54) is 12.0 Å². The molecule has 0 bridgehead atoms. The van der Waals surface area contributed by atoms with E-state index in [2.05, 4.69) is 27.2 Å². The Labute approximate surface area is 149 Å². The number of methoxy groups -OCH3 is 1. The number of hydrogen-bond acceptors (Lipinski definition) is 4. The third-order valence-corrected chi connectivity index (χ3v) is 6.54. The summed E-state index contributed by atoms with van der Waals surface area (Å²) in [5, 5.41) is 17.9. The van der Waals surface area contributed by atoms with Crippen molar-refractivity contribution < 1.29 is 9.84 Å². The van der Waals surface area contributed by atoms with Gasteiger partial charge in [-0.1, -0.05) is 0 Å². The summed E-state index contributed by atoms with van der Waals surface area (Å²) in [6.45, 7) is 5.01. The molecule has 1 aromatic heterocycles. The van der Waals surface area contributed by atoms with Crippen molar-refractivity contribution in [1.82, 2.24) is 15.1 Å². The van der Waals surface area contributed by atoms with Crippen molar-refractivity contribution in [3.8, 4) is 17.0 Å². The van der Waals surface area contributed by atoms with Gasteiger partial charge in [0.15, 0.2) is 0 Å². The van der Waals surface area contributed by atoms with Gasteiger partial charge in [-0.25, -0.2) is 0 Å². The van der Waals surface area contributed by atoms with Crippen LogP contribution in [-0.4, -0.2) is 46.0 Å². The van der Waals surface area contributed by atoms with Crippen LogP contribution in [0.15, 0.2) is 30.5 Å². The molecule has 1 aromatic carbocycles. The van der Waals surface area contributed by atoms with Crippen molar-refractivity contribution in [2.24, 2.45) is 5.41 Å². The summed E-state index contributed by atoms with van der Waals surface area (Å²) in [6, 6.07) is 8.08. The number of nitrogens with one attached hydrogen (secondary N) is 1. The highest BCUT2D eigenvalue weighted by molar-refractivity contribution is 5.63.